The summed E-state index contributed by atoms with van der Waals surface area (Å²) in [5.41, 5.74) is 0.459. The molecule has 0 aromatic heterocycles. The molecule has 0 spiro atoms. The molecule has 0 amide bonds. The number of fused-ring (bicyclic) bond motifs is 5. The van der Waals surface area contributed by atoms with E-state index in [1.807, 2.05) is 74.7 Å². The van der Waals surface area contributed by atoms with Crippen LogP contribution >= 0.6 is 22.6 Å². The van der Waals surface area contributed by atoms with Gasteiger partial charge in [-0.3, -0.25) is 24.3 Å². The number of likely N-dealkylation sites (N-methyl/N-ethyl adjacent to an activating group) is 1. The van der Waals surface area contributed by atoms with Crippen LogP contribution in [0.15, 0.2) is 29.3 Å². The first-order chi connectivity index (χ1) is 24.1. The molecular formula is C38H52IN3O9. The number of aliphatic hydroxyl groups is 1. The van der Waals surface area contributed by atoms with E-state index in [1.165, 1.54) is 6.92 Å². The van der Waals surface area contributed by atoms with Crippen LogP contribution in [0, 0.1) is 36.0 Å². The normalized spacial score (nSPS) is 40.7. The van der Waals surface area contributed by atoms with Crippen LogP contribution in [0.1, 0.15) is 65.5 Å². The molecule has 4 aliphatic heterocycles. The summed E-state index contributed by atoms with van der Waals surface area (Å²) in [5, 5.41) is 15.3. The molecule has 13 atom stereocenters. The number of hydrogen-bond donors (Lipinski definition) is 2. The minimum atomic E-state index is -1.27. The van der Waals surface area contributed by atoms with Gasteiger partial charge >= 0.3 is 5.97 Å². The van der Waals surface area contributed by atoms with Crippen molar-refractivity contribution in [2.45, 2.75) is 113 Å². The summed E-state index contributed by atoms with van der Waals surface area (Å²) in [7, 11) is 1.95. The number of halogens is 1. The molecule has 5 rings (SSSR count). The molecule has 51 heavy (non-hydrogen) atoms. The molecule has 1 aromatic rings. The van der Waals surface area contributed by atoms with Gasteiger partial charge in [-0.1, -0.05) is 31.9 Å². The van der Waals surface area contributed by atoms with E-state index in [0.29, 0.717) is 45.6 Å². The first-order valence-corrected chi connectivity index (χ1v) is 19.0. The number of carbonyl (C=O) groups excluding carboxylic acids is 3. The Balaban J connectivity index is 1.46. The maximum atomic E-state index is 14.2. The lowest BCUT2D eigenvalue weighted by Crippen LogP contribution is -2.61. The number of aliphatic hydroxyl groups excluding tert-OH is 1. The van der Waals surface area contributed by atoms with Crippen molar-refractivity contribution < 1.29 is 43.2 Å². The first kappa shape index (κ1) is 39.8. The Labute approximate surface area is 314 Å². The summed E-state index contributed by atoms with van der Waals surface area (Å²) < 4.78 is 30.3. The third-order valence-electron chi connectivity index (χ3n) is 11.3. The van der Waals surface area contributed by atoms with Gasteiger partial charge in [-0.05, 0) is 87.9 Å². The predicted molar refractivity (Wildman–Crippen MR) is 198 cm³/mol. The number of carbonyl (C=O) groups is 3. The number of rotatable bonds is 7. The average molecular weight is 822 g/mol. The zero-order chi connectivity index (χ0) is 37.2. The lowest BCUT2D eigenvalue weighted by molar-refractivity contribution is -0.293. The number of nitrogens with one attached hydrogen (secondary N) is 1. The first-order valence-electron chi connectivity index (χ1n) is 17.8. The standard InChI is InChI=1S/C38H52IN3O9/c1-9-25-10-12-26(13-11-25)18-42(8)28-16-21(2)49-35(31(28)45)50-33-23(4)30(44)24(5)34(46)51-36(39)38(7,48-20-43)32-22(3)29(40-14-15-41-32)27-17-37(33,6)47-19-27/h1,10-13,20-24,27-28,31-33,35-36,41,45H,14-19H2,2-8H3/t21-,22+,23+,24-,27+,28+,31+,32-,33-,35+,36+,37-,38+/m1/s1. The highest BCUT2D eigenvalue weighted by Crippen LogP contribution is 2.43. The van der Waals surface area contributed by atoms with Gasteiger partial charge in [-0.15, -0.1) is 6.42 Å². The number of aliphatic imine (C=N–C) groups is 1. The van der Waals surface area contributed by atoms with E-state index in [0.717, 1.165) is 16.8 Å². The van der Waals surface area contributed by atoms with Crippen LogP contribution in [-0.4, -0.2) is 113 Å². The number of terminal acetylenes is 1. The van der Waals surface area contributed by atoms with E-state index in [1.54, 1.807) is 13.8 Å². The Morgan fingerprint density at radius 3 is 2.55 bits per heavy atom. The van der Waals surface area contributed by atoms with Crippen LogP contribution in [0.25, 0.3) is 0 Å². The van der Waals surface area contributed by atoms with Crippen LogP contribution in [0.5, 0.6) is 0 Å². The molecular weight excluding hydrogens is 769 g/mol. The van der Waals surface area contributed by atoms with Crippen LogP contribution in [0.4, 0.5) is 0 Å². The van der Waals surface area contributed by atoms with E-state index < -0.39 is 63.4 Å². The highest BCUT2D eigenvalue weighted by molar-refractivity contribution is 14.1. The summed E-state index contributed by atoms with van der Waals surface area (Å²) in [5.74, 6) is -0.894. The van der Waals surface area contributed by atoms with Crippen molar-refractivity contribution >= 4 is 46.5 Å². The monoisotopic (exact) mass is 821 g/mol. The van der Waals surface area contributed by atoms with Gasteiger partial charge in [-0.25, -0.2) is 0 Å². The number of benzene rings is 1. The highest BCUT2D eigenvalue weighted by atomic mass is 127. The molecule has 4 bridgehead atoms. The number of Topliss-reactive ketones (excluding diaryl/α,β-unsaturated/α-hetero) is 1. The predicted octanol–water partition coefficient (Wildman–Crippen LogP) is 3.28. The smallest absolute Gasteiger partial charge is 0.317 e. The van der Waals surface area contributed by atoms with Gasteiger partial charge in [0.1, 0.15) is 12.0 Å². The molecule has 13 heteroatoms. The van der Waals surface area contributed by atoms with Gasteiger partial charge in [0.2, 0.25) is 0 Å². The Kier molecular flexibility index (Phi) is 12.7. The summed E-state index contributed by atoms with van der Waals surface area (Å²) in [4.78, 5) is 46.7. The van der Waals surface area contributed by atoms with Crippen LogP contribution in [0.3, 0.4) is 0 Å². The van der Waals surface area contributed by atoms with Crippen molar-refractivity contribution in [2.75, 3.05) is 26.7 Å². The average Bonchev–Trinajstić information content (AvgIpc) is 3.39. The number of cyclic esters (lactones) is 1. The van der Waals surface area contributed by atoms with Crippen molar-refractivity contribution in [3.05, 3.63) is 35.4 Å². The molecule has 2 N–H and O–H groups in total. The second kappa shape index (κ2) is 16.3. The molecule has 0 radical (unpaired) electrons. The van der Waals surface area contributed by atoms with Crippen LogP contribution in [0.2, 0.25) is 0 Å². The van der Waals surface area contributed by atoms with E-state index in [9.17, 15) is 19.5 Å². The van der Waals surface area contributed by atoms with Crippen molar-refractivity contribution in [1.29, 1.82) is 0 Å². The number of alkyl halides is 1. The maximum Gasteiger partial charge on any atom is 0.317 e. The zero-order valence-corrected chi connectivity index (χ0v) is 32.7. The van der Waals surface area contributed by atoms with Crippen LogP contribution in [-0.2, 0) is 44.6 Å². The Morgan fingerprint density at radius 2 is 1.88 bits per heavy atom. The third-order valence-corrected chi connectivity index (χ3v) is 12.8. The largest absolute Gasteiger partial charge is 0.455 e. The second-order valence-corrected chi connectivity index (χ2v) is 16.2. The quantitative estimate of drug-likeness (QED) is 0.105. The number of nitrogens with zero attached hydrogens (tertiary/aromatic N) is 2. The lowest BCUT2D eigenvalue weighted by Gasteiger charge is -2.46. The SMILES string of the molecule is C#Cc1ccc(CN(C)[C@H]2C[C@@H](C)O[C@@H](O[C@@H]3[C@@H](C)C(=O)[C@@H](C)C(=O)O[C@H](I)[C@@](C)(OC=O)[C@@H]4NCCN=C([C@@H]5CO[C@]3(C)C5)[C@@H]4C)[C@H]2O)cc1. The molecule has 4 aliphatic rings. The van der Waals surface area contributed by atoms with E-state index in [2.05, 4.69) is 16.1 Å². The van der Waals surface area contributed by atoms with Gasteiger partial charge < -0.3 is 34.1 Å². The molecule has 0 unspecified atom stereocenters. The summed E-state index contributed by atoms with van der Waals surface area (Å²) >= 11 is 1.96. The number of hydrogen-bond acceptors (Lipinski definition) is 12. The molecule has 0 saturated carbocycles. The molecule has 280 valence electrons. The fourth-order valence-electron chi connectivity index (χ4n) is 8.36. The fourth-order valence-corrected chi connectivity index (χ4v) is 9.15. The van der Waals surface area contributed by atoms with Crippen molar-refractivity contribution in [2.24, 2.45) is 28.7 Å². The fraction of sp³-hybridized carbons (Fsp3) is 0.684. The molecule has 0 aliphatic carbocycles. The lowest BCUT2D eigenvalue weighted by atomic mass is 9.75. The Hall–Kier alpha value is -2.45. The second-order valence-electron chi connectivity index (χ2n) is 15.0. The topological polar surface area (TPSA) is 145 Å². The zero-order valence-electron chi connectivity index (χ0n) is 30.5. The van der Waals surface area contributed by atoms with E-state index in [4.69, 9.17) is 35.1 Å². The van der Waals surface area contributed by atoms with Crippen LogP contribution < -0.4 is 5.32 Å². The molecule has 4 heterocycles. The minimum absolute atomic E-state index is 0.132. The van der Waals surface area contributed by atoms with Gasteiger partial charge in [0.15, 0.2) is 21.8 Å². The van der Waals surface area contributed by atoms with Crippen molar-refractivity contribution in [1.82, 2.24) is 10.2 Å². The van der Waals surface area contributed by atoms with E-state index in [-0.39, 0.29) is 24.0 Å². The van der Waals surface area contributed by atoms with Gasteiger partial charge in [-0.2, -0.15) is 0 Å². The molecule has 3 saturated heterocycles. The van der Waals surface area contributed by atoms with Gasteiger partial charge in [0.25, 0.3) is 6.47 Å². The maximum absolute atomic E-state index is 14.2. The molecule has 12 nitrogen and oxygen atoms in total. The number of esters is 1. The Bertz CT molecular complexity index is 1500. The van der Waals surface area contributed by atoms with Gasteiger partial charge in [0.05, 0.1) is 37.0 Å². The highest BCUT2D eigenvalue weighted by Gasteiger charge is 2.55. The summed E-state index contributed by atoms with van der Waals surface area (Å²) in [6, 6.07) is 6.97. The number of ether oxygens (including phenoxy) is 5. The van der Waals surface area contributed by atoms with Crippen molar-refractivity contribution in [3.63, 3.8) is 0 Å². The van der Waals surface area contributed by atoms with Crippen molar-refractivity contribution in [3.8, 4) is 12.3 Å². The molecule has 3 fully saturated rings. The summed E-state index contributed by atoms with van der Waals surface area (Å²) in [6.07, 6.45) is 3.29. The summed E-state index contributed by atoms with van der Waals surface area (Å²) in [6.45, 7) is 13.1. The minimum Gasteiger partial charge on any atom is -0.455 e. The third kappa shape index (κ3) is 8.22. The Morgan fingerprint density at radius 1 is 1.18 bits per heavy atom. The molecule has 1 aromatic carbocycles. The van der Waals surface area contributed by atoms with E-state index >= 15 is 0 Å². The van der Waals surface area contributed by atoms with Gasteiger partial charge in [0, 0.05) is 48.2 Å². The number of ketones is 1.